The Balaban J connectivity index is 3.03. The van der Waals surface area contributed by atoms with Crippen LogP contribution in [0.1, 0.15) is 24.3 Å². The van der Waals surface area contributed by atoms with Gasteiger partial charge in [0, 0.05) is 20.2 Å². The summed E-state index contributed by atoms with van der Waals surface area (Å²) < 4.78 is 10.3. The first-order chi connectivity index (χ1) is 9.13. The van der Waals surface area contributed by atoms with Crippen molar-refractivity contribution in [3.8, 4) is 5.88 Å². The van der Waals surface area contributed by atoms with Gasteiger partial charge in [0.05, 0.1) is 12.8 Å². The monoisotopic (exact) mass is 269 g/mol. The number of ether oxygens (including phenoxy) is 2. The van der Waals surface area contributed by atoms with Crippen molar-refractivity contribution in [1.82, 2.24) is 9.97 Å². The van der Waals surface area contributed by atoms with Gasteiger partial charge in [-0.2, -0.15) is 0 Å². The summed E-state index contributed by atoms with van der Waals surface area (Å²) >= 11 is 0. The molecule has 1 rings (SSSR count). The summed E-state index contributed by atoms with van der Waals surface area (Å²) in [6.07, 6.45) is 1.24. The van der Waals surface area contributed by atoms with Crippen LogP contribution in [0.15, 0.2) is 6.20 Å². The molecule has 0 fully saturated rings. The second-order valence-electron chi connectivity index (χ2n) is 3.70. The highest BCUT2D eigenvalue weighted by molar-refractivity contribution is 5.85. The van der Waals surface area contributed by atoms with E-state index in [2.05, 4.69) is 9.97 Å². The van der Waals surface area contributed by atoms with Crippen molar-refractivity contribution < 1.29 is 19.4 Å². The fourth-order valence-corrected chi connectivity index (χ4v) is 1.53. The van der Waals surface area contributed by atoms with Gasteiger partial charge in [0.2, 0.25) is 0 Å². The third kappa shape index (κ3) is 4.06. The Morgan fingerprint density at radius 1 is 1.37 bits per heavy atom. The average molecular weight is 269 g/mol. The highest BCUT2D eigenvalue weighted by Crippen LogP contribution is 2.23. The van der Waals surface area contributed by atoms with E-state index in [0.29, 0.717) is 19.0 Å². The van der Waals surface area contributed by atoms with Gasteiger partial charge in [-0.25, -0.2) is 14.8 Å². The topological polar surface area (TPSA) is 84.8 Å². The number of methoxy groups -OCH3 is 1. The minimum Gasteiger partial charge on any atom is -0.476 e. The Morgan fingerprint density at radius 3 is 2.58 bits per heavy atom. The lowest BCUT2D eigenvalue weighted by molar-refractivity contribution is 0.0688. The molecule has 0 atom stereocenters. The molecular formula is C12H19N3O4. The average Bonchev–Trinajstić information content (AvgIpc) is 2.41. The van der Waals surface area contributed by atoms with Gasteiger partial charge in [-0.1, -0.05) is 0 Å². The third-order valence-corrected chi connectivity index (χ3v) is 2.53. The van der Waals surface area contributed by atoms with Crippen LogP contribution in [0.2, 0.25) is 0 Å². The van der Waals surface area contributed by atoms with E-state index in [1.807, 2.05) is 18.7 Å². The smallest absolute Gasteiger partial charge is 0.356 e. The van der Waals surface area contributed by atoms with Crippen molar-refractivity contribution in [3.05, 3.63) is 11.9 Å². The second kappa shape index (κ2) is 7.52. The summed E-state index contributed by atoms with van der Waals surface area (Å²) in [7, 11) is 1.56. The lowest BCUT2D eigenvalue weighted by atomic mass is 10.4. The van der Waals surface area contributed by atoms with Gasteiger partial charge in [-0.15, -0.1) is 0 Å². The van der Waals surface area contributed by atoms with Crippen LogP contribution < -0.4 is 9.64 Å². The SMILES string of the molecule is CCN(CC)c1ncc(C(=O)O)nc1OCCOC. The van der Waals surface area contributed by atoms with Gasteiger partial charge in [-0.05, 0) is 13.8 Å². The van der Waals surface area contributed by atoms with Crippen LogP contribution in [0.5, 0.6) is 5.88 Å². The molecule has 0 spiro atoms. The molecule has 1 N–H and O–H groups in total. The number of anilines is 1. The van der Waals surface area contributed by atoms with Crippen LogP contribution in [-0.4, -0.2) is 54.5 Å². The standard InChI is InChI=1S/C12H19N3O4/c1-4-15(5-2)10-11(19-7-6-18-3)14-9(8-13-10)12(16)17/h8H,4-7H2,1-3H3,(H,16,17). The molecular weight excluding hydrogens is 250 g/mol. The maximum Gasteiger partial charge on any atom is 0.356 e. The molecule has 7 nitrogen and oxygen atoms in total. The minimum absolute atomic E-state index is 0.136. The summed E-state index contributed by atoms with van der Waals surface area (Å²) in [5.74, 6) is -0.359. The van der Waals surface area contributed by atoms with E-state index in [-0.39, 0.29) is 11.6 Å². The molecule has 7 heteroatoms. The Labute approximate surface area is 112 Å². The van der Waals surface area contributed by atoms with E-state index in [1.165, 1.54) is 6.20 Å². The maximum atomic E-state index is 10.9. The maximum absolute atomic E-state index is 10.9. The zero-order valence-corrected chi connectivity index (χ0v) is 11.4. The molecule has 106 valence electrons. The largest absolute Gasteiger partial charge is 0.476 e. The number of carbonyl (C=O) groups is 1. The number of hydrogen-bond donors (Lipinski definition) is 1. The Bertz CT molecular complexity index is 421. The van der Waals surface area contributed by atoms with Crippen LogP contribution in [0, 0.1) is 0 Å². The molecule has 1 aromatic rings. The number of nitrogens with zero attached hydrogens (tertiary/aromatic N) is 3. The van der Waals surface area contributed by atoms with Crippen molar-refractivity contribution in [2.45, 2.75) is 13.8 Å². The summed E-state index contributed by atoms with van der Waals surface area (Å²) in [6, 6.07) is 0. The molecule has 0 unspecified atom stereocenters. The van der Waals surface area contributed by atoms with E-state index >= 15 is 0 Å². The molecule has 0 radical (unpaired) electrons. The number of rotatable bonds is 8. The number of aromatic nitrogens is 2. The first-order valence-corrected chi connectivity index (χ1v) is 6.11. The molecule has 0 saturated carbocycles. The molecule has 0 aliphatic rings. The Hall–Kier alpha value is -1.89. The fraction of sp³-hybridized carbons (Fsp3) is 0.583. The minimum atomic E-state index is -1.13. The van der Waals surface area contributed by atoms with E-state index in [0.717, 1.165) is 13.1 Å². The third-order valence-electron chi connectivity index (χ3n) is 2.53. The van der Waals surface area contributed by atoms with Crippen LogP contribution >= 0.6 is 0 Å². The fourth-order valence-electron chi connectivity index (χ4n) is 1.53. The molecule has 1 aromatic heterocycles. The molecule has 0 bridgehead atoms. The molecule has 0 aliphatic carbocycles. The first-order valence-electron chi connectivity index (χ1n) is 6.11. The van der Waals surface area contributed by atoms with E-state index in [4.69, 9.17) is 14.6 Å². The molecule has 0 saturated heterocycles. The van der Waals surface area contributed by atoms with Gasteiger partial charge in [0.1, 0.15) is 6.61 Å². The lowest BCUT2D eigenvalue weighted by Crippen LogP contribution is -2.25. The zero-order chi connectivity index (χ0) is 14.3. The van der Waals surface area contributed by atoms with Crippen LogP contribution in [0.4, 0.5) is 5.82 Å². The highest BCUT2D eigenvalue weighted by atomic mass is 16.5. The molecule has 0 aliphatic heterocycles. The van der Waals surface area contributed by atoms with Crippen LogP contribution in [0.25, 0.3) is 0 Å². The molecule has 19 heavy (non-hydrogen) atoms. The molecule has 0 aromatic carbocycles. The van der Waals surface area contributed by atoms with Gasteiger partial charge in [0.25, 0.3) is 5.88 Å². The lowest BCUT2D eigenvalue weighted by Gasteiger charge is -2.21. The summed E-state index contributed by atoms with van der Waals surface area (Å²) in [5, 5.41) is 8.93. The number of aromatic carboxylic acids is 1. The summed E-state index contributed by atoms with van der Waals surface area (Å²) in [5.41, 5.74) is -0.136. The van der Waals surface area contributed by atoms with Crippen molar-refractivity contribution in [2.75, 3.05) is 38.3 Å². The van der Waals surface area contributed by atoms with E-state index in [1.54, 1.807) is 7.11 Å². The van der Waals surface area contributed by atoms with Gasteiger partial charge in [-0.3, -0.25) is 0 Å². The first kappa shape index (κ1) is 15.2. The second-order valence-corrected chi connectivity index (χ2v) is 3.70. The van der Waals surface area contributed by atoms with Gasteiger partial charge >= 0.3 is 5.97 Å². The Morgan fingerprint density at radius 2 is 2.05 bits per heavy atom. The number of carboxylic acid groups (broad SMARTS) is 1. The number of carboxylic acids is 1. The molecule has 0 amide bonds. The van der Waals surface area contributed by atoms with E-state index < -0.39 is 5.97 Å². The summed E-state index contributed by atoms with van der Waals surface area (Å²) in [4.78, 5) is 21.0. The van der Waals surface area contributed by atoms with Crippen LogP contribution in [0.3, 0.4) is 0 Å². The Kier molecular flexibility index (Phi) is 6.01. The van der Waals surface area contributed by atoms with Crippen molar-refractivity contribution >= 4 is 11.8 Å². The molecule has 1 heterocycles. The van der Waals surface area contributed by atoms with Crippen molar-refractivity contribution in [1.29, 1.82) is 0 Å². The number of hydrogen-bond acceptors (Lipinski definition) is 6. The van der Waals surface area contributed by atoms with Gasteiger partial charge in [0.15, 0.2) is 11.5 Å². The van der Waals surface area contributed by atoms with E-state index in [9.17, 15) is 4.79 Å². The van der Waals surface area contributed by atoms with Crippen molar-refractivity contribution in [3.63, 3.8) is 0 Å². The summed E-state index contributed by atoms with van der Waals surface area (Å²) in [6.45, 7) is 6.13. The predicted octanol–water partition coefficient (Wildman–Crippen LogP) is 1.05. The zero-order valence-electron chi connectivity index (χ0n) is 11.4. The van der Waals surface area contributed by atoms with Gasteiger partial charge < -0.3 is 19.5 Å². The van der Waals surface area contributed by atoms with Crippen LogP contribution in [-0.2, 0) is 4.74 Å². The highest BCUT2D eigenvalue weighted by Gasteiger charge is 2.16. The quantitative estimate of drug-likeness (QED) is 0.706. The normalized spacial score (nSPS) is 10.3. The predicted molar refractivity (Wildman–Crippen MR) is 69.9 cm³/mol. The van der Waals surface area contributed by atoms with Crippen molar-refractivity contribution in [2.24, 2.45) is 0 Å².